The Bertz CT molecular complexity index is 939. The minimum Gasteiger partial charge on any atom is -0.390 e. The molecule has 2 N–H and O–H groups in total. The summed E-state index contributed by atoms with van der Waals surface area (Å²) in [5.74, 6) is 0. The maximum atomic E-state index is 5.65. The third-order valence-electron chi connectivity index (χ3n) is 5.27. The van der Waals surface area contributed by atoms with Gasteiger partial charge in [-0.15, -0.1) is 0 Å². The summed E-state index contributed by atoms with van der Waals surface area (Å²) >= 11 is 0. The van der Waals surface area contributed by atoms with E-state index in [-0.39, 0.29) is 11.5 Å². The van der Waals surface area contributed by atoms with Crippen molar-refractivity contribution in [2.45, 2.75) is 25.3 Å². The number of benzene rings is 3. The number of aliphatic imine (C=N–C) groups is 1. The number of fused-ring (bicyclic) bond motifs is 3. The molecular formula is C23H22N2. The van der Waals surface area contributed by atoms with Crippen LogP contribution >= 0.6 is 0 Å². The zero-order valence-electron chi connectivity index (χ0n) is 14.6. The molecule has 4 rings (SSSR count). The fourth-order valence-corrected chi connectivity index (χ4v) is 3.98. The molecule has 0 saturated heterocycles. The second-order valence-electron chi connectivity index (χ2n) is 7.09. The van der Waals surface area contributed by atoms with Gasteiger partial charge in [0.25, 0.3) is 0 Å². The van der Waals surface area contributed by atoms with Gasteiger partial charge < -0.3 is 5.73 Å². The van der Waals surface area contributed by atoms with E-state index in [0.29, 0.717) is 0 Å². The van der Waals surface area contributed by atoms with Crippen LogP contribution in [0.4, 0.5) is 0 Å². The van der Waals surface area contributed by atoms with Gasteiger partial charge in [0.15, 0.2) is 0 Å². The van der Waals surface area contributed by atoms with Crippen LogP contribution in [-0.4, -0.2) is 6.34 Å². The maximum Gasteiger partial charge on any atom is 0.102 e. The SMILES string of the molecule is CC1(C)c2ccccc2-c2ccc(C(N=CN)c3ccccc3)cc21. The monoisotopic (exact) mass is 326 g/mol. The van der Waals surface area contributed by atoms with E-state index in [1.54, 1.807) is 0 Å². The molecule has 1 aliphatic carbocycles. The molecule has 0 fully saturated rings. The highest BCUT2D eigenvalue weighted by molar-refractivity contribution is 5.81. The molecule has 3 aromatic rings. The molecule has 0 bridgehead atoms. The van der Waals surface area contributed by atoms with Crippen molar-refractivity contribution < 1.29 is 0 Å². The summed E-state index contributed by atoms with van der Waals surface area (Å²) < 4.78 is 0. The first-order valence-electron chi connectivity index (χ1n) is 8.65. The average molecular weight is 326 g/mol. The molecule has 0 spiro atoms. The Hall–Kier alpha value is -2.87. The predicted octanol–water partition coefficient (Wildman–Crippen LogP) is 5.07. The van der Waals surface area contributed by atoms with Crippen molar-refractivity contribution in [3.63, 3.8) is 0 Å². The van der Waals surface area contributed by atoms with E-state index < -0.39 is 0 Å². The highest BCUT2D eigenvalue weighted by Gasteiger charge is 2.35. The summed E-state index contributed by atoms with van der Waals surface area (Å²) in [4.78, 5) is 4.54. The van der Waals surface area contributed by atoms with Gasteiger partial charge in [0.1, 0.15) is 6.04 Å². The molecule has 0 saturated carbocycles. The minimum absolute atomic E-state index is 0.00436. The highest BCUT2D eigenvalue weighted by atomic mass is 14.8. The van der Waals surface area contributed by atoms with Crippen LogP contribution in [0.3, 0.4) is 0 Å². The van der Waals surface area contributed by atoms with Crippen LogP contribution in [0.25, 0.3) is 11.1 Å². The van der Waals surface area contributed by atoms with E-state index in [1.807, 2.05) is 18.2 Å². The van der Waals surface area contributed by atoms with Crippen LogP contribution < -0.4 is 5.73 Å². The van der Waals surface area contributed by atoms with Crippen molar-refractivity contribution >= 4 is 6.34 Å². The molecule has 3 aromatic carbocycles. The van der Waals surface area contributed by atoms with Crippen LogP contribution in [0.15, 0.2) is 77.8 Å². The van der Waals surface area contributed by atoms with Crippen molar-refractivity contribution in [3.8, 4) is 11.1 Å². The first-order valence-corrected chi connectivity index (χ1v) is 8.65. The van der Waals surface area contributed by atoms with E-state index in [1.165, 1.54) is 34.2 Å². The second-order valence-corrected chi connectivity index (χ2v) is 7.09. The summed E-state index contributed by atoms with van der Waals surface area (Å²) in [5.41, 5.74) is 13.4. The number of rotatable bonds is 3. The van der Waals surface area contributed by atoms with Crippen molar-refractivity contribution in [1.82, 2.24) is 0 Å². The fourth-order valence-electron chi connectivity index (χ4n) is 3.98. The molecule has 0 aliphatic heterocycles. The quantitative estimate of drug-likeness (QED) is 0.529. The molecule has 0 aromatic heterocycles. The summed E-state index contributed by atoms with van der Waals surface area (Å²) in [6.07, 6.45) is 1.41. The largest absolute Gasteiger partial charge is 0.390 e. The Morgan fingerprint density at radius 2 is 1.48 bits per heavy atom. The lowest BCUT2D eigenvalue weighted by Gasteiger charge is -2.23. The van der Waals surface area contributed by atoms with Gasteiger partial charge in [-0.25, -0.2) is 0 Å². The Kier molecular flexibility index (Phi) is 3.69. The van der Waals surface area contributed by atoms with E-state index >= 15 is 0 Å². The minimum atomic E-state index is -0.0731. The lowest BCUT2D eigenvalue weighted by Crippen LogP contribution is -2.15. The molecule has 1 atom stereocenters. The first-order chi connectivity index (χ1) is 12.1. The molecule has 0 amide bonds. The predicted molar refractivity (Wildman–Crippen MR) is 105 cm³/mol. The molecule has 0 heterocycles. The van der Waals surface area contributed by atoms with Gasteiger partial charge in [0, 0.05) is 5.41 Å². The Morgan fingerprint density at radius 3 is 2.24 bits per heavy atom. The van der Waals surface area contributed by atoms with E-state index in [9.17, 15) is 0 Å². The van der Waals surface area contributed by atoms with Gasteiger partial charge in [-0.2, -0.15) is 0 Å². The van der Waals surface area contributed by atoms with Gasteiger partial charge in [-0.3, -0.25) is 4.99 Å². The van der Waals surface area contributed by atoms with Gasteiger partial charge in [-0.05, 0) is 33.4 Å². The van der Waals surface area contributed by atoms with Crippen LogP contribution in [0.1, 0.15) is 42.1 Å². The zero-order valence-corrected chi connectivity index (χ0v) is 14.6. The van der Waals surface area contributed by atoms with Crippen LogP contribution in [0, 0.1) is 0 Å². The third kappa shape index (κ3) is 2.45. The van der Waals surface area contributed by atoms with Crippen LogP contribution in [0.5, 0.6) is 0 Å². The molecule has 0 radical (unpaired) electrons. The van der Waals surface area contributed by atoms with Gasteiger partial charge >= 0.3 is 0 Å². The fraction of sp³-hybridized carbons (Fsp3) is 0.174. The second kappa shape index (κ2) is 5.89. The molecule has 25 heavy (non-hydrogen) atoms. The van der Waals surface area contributed by atoms with Gasteiger partial charge in [0.05, 0.1) is 6.34 Å². The number of nitrogens with two attached hydrogens (primary N) is 1. The third-order valence-corrected chi connectivity index (χ3v) is 5.27. The van der Waals surface area contributed by atoms with E-state index in [4.69, 9.17) is 5.73 Å². The number of hydrogen-bond acceptors (Lipinski definition) is 1. The van der Waals surface area contributed by atoms with Crippen molar-refractivity contribution in [3.05, 3.63) is 95.1 Å². The van der Waals surface area contributed by atoms with E-state index in [0.717, 1.165) is 5.56 Å². The van der Waals surface area contributed by atoms with Crippen molar-refractivity contribution in [1.29, 1.82) is 0 Å². The summed E-state index contributed by atoms with van der Waals surface area (Å²) in [6, 6.07) is 25.7. The number of nitrogens with zero attached hydrogens (tertiary/aromatic N) is 1. The Morgan fingerprint density at radius 1 is 0.800 bits per heavy atom. The molecular weight excluding hydrogens is 304 g/mol. The van der Waals surface area contributed by atoms with Gasteiger partial charge in [0.2, 0.25) is 0 Å². The molecule has 1 aliphatic rings. The number of hydrogen-bond donors (Lipinski definition) is 1. The first kappa shape index (κ1) is 15.6. The topological polar surface area (TPSA) is 38.4 Å². The van der Waals surface area contributed by atoms with Gasteiger partial charge in [-0.1, -0.05) is 86.6 Å². The van der Waals surface area contributed by atoms with Crippen LogP contribution in [0.2, 0.25) is 0 Å². The Balaban J connectivity index is 1.86. The Labute approximate surface area is 149 Å². The standard InChI is InChI=1S/C23H22N2/c1-23(2)20-11-7-6-10-18(20)19-13-12-17(14-21(19)23)22(25-15-24)16-8-4-3-5-9-16/h3-15,22H,1-2H3,(H2,24,25). The molecule has 124 valence electrons. The normalized spacial score (nSPS) is 15.8. The summed E-state index contributed by atoms with van der Waals surface area (Å²) in [7, 11) is 0. The lowest BCUT2D eigenvalue weighted by atomic mass is 9.81. The summed E-state index contributed by atoms with van der Waals surface area (Å²) in [6.45, 7) is 4.59. The molecule has 2 nitrogen and oxygen atoms in total. The lowest BCUT2D eigenvalue weighted by molar-refractivity contribution is 0.658. The molecule has 1 unspecified atom stereocenters. The molecule has 2 heteroatoms. The zero-order chi connectivity index (χ0) is 17.4. The smallest absolute Gasteiger partial charge is 0.102 e. The average Bonchev–Trinajstić information content (AvgIpc) is 2.88. The van der Waals surface area contributed by atoms with Crippen molar-refractivity contribution in [2.75, 3.05) is 0 Å². The summed E-state index contributed by atoms with van der Waals surface area (Å²) in [5, 5.41) is 0. The van der Waals surface area contributed by atoms with E-state index in [2.05, 4.69) is 73.4 Å². The van der Waals surface area contributed by atoms with Crippen molar-refractivity contribution in [2.24, 2.45) is 10.7 Å². The highest BCUT2D eigenvalue weighted by Crippen LogP contribution is 2.49. The maximum absolute atomic E-state index is 5.65. The van der Waals surface area contributed by atoms with Crippen LogP contribution in [-0.2, 0) is 5.41 Å².